The van der Waals surface area contributed by atoms with Gasteiger partial charge in [0, 0.05) is 30.3 Å². The van der Waals surface area contributed by atoms with Crippen LogP contribution in [0.5, 0.6) is 0 Å². The minimum absolute atomic E-state index is 0.100. The molecule has 0 aliphatic heterocycles. The molecule has 2 aliphatic rings. The number of fused-ring (bicyclic) bond motifs is 2. The smallest absolute Gasteiger partial charge is 0.0894 e. The van der Waals surface area contributed by atoms with Gasteiger partial charge in [0.15, 0.2) is 0 Å². The minimum atomic E-state index is -0.452. The molecule has 0 spiro atoms. The Morgan fingerprint density at radius 1 is 1.61 bits per heavy atom. The van der Waals surface area contributed by atoms with Gasteiger partial charge in [-0.3, -0.25) is 4.68 Å². The van der Waals surface area contributed by atoms with Crippen molar-refractivity contribution in [3.8, 4) is 0 Å². The normalized spacial score (nSPS) is 36.2. The lowest BCUT2D eigenvalue weighted by molar-refractivity contribution is -0.0134. The predicted octanol–water partition coefficient (Wildman–Crippen LogP) is 1.53. The Hall–Kier alpha value is -0.870. The number of aryl methyl sites for hydroxylation is 1. The molecule has 1 aromatic heterocycles. The van der Waals surface area contributed by atoms with E-state index in [0.717, 1.165) is 23.6 Å². The van der Waals surface area contributed by atoms with Crippen molar-refractivity contribution in [2.24, 2.45) is 30.0 Å². The van der Waals surface area contributed by atoms with Gasteiger partial charge in [-0.25, -0.2) is 0 Å². The number of hydrogen-bond donors (Lipinski definition) is 2. The number of rotatable bonds is 3. The summed E-state index contributed by atoms with van der Waals surface area (Å²) < 4.78 is 1.83. The third-order valence-corrected chi connectivity index (χ3v) is 5.52. The molecule has 100 valence electrons. The lowest BCUT2D eigenvalue weighted by Gasteiger charge is -2.40. The SMILES string of the molecule is Cc1c(C(O)C2(CN)CC3CCC2C3)cnn1C. The summed E-state index contributed by atoms with van der Waals surface area (Å²) in [6, 6.07) is 0. The molecule has 2 aliphatic carbocycles. The zero-order valence-electron chi connectivity index (χ0n) is 11.3. The van der Waals surface area contributed by atoms with Crippen LogP contribution in [0.2, 0.25) is 0 Å². The molecule has 4 unspecified atom stereocenters. The molecule has 18 heavy (non-hydrogen) atoms. The highest BCUT2D eigenvalue weighted by Gasteiger charge is 2.54. The topological polar surface area (TPSA) is 64.1 Å². The molecule has 4 heteroatoms. The van der Waals surface area contributed by atoms with E-state index in [9.17, 15) is 5.11 Å². The summed E-state index contributed by atoms with van der Waals surface area (Å²) in [5.74, 6) is 1.38. The number of aliphatic hydroxyl groups is 1. The first kappa shape index (κ1) is 12.2. The van der Waals surface area contributed by atoms with Gasteiger partial charge in [-0.1, -0.05) is 6.42 Å². The molecule has 3 rings (SSSR count). The summed E-state index contributed by atoms with van der Waals surface area (Å²) in [6.45, 7) is 2.60. The average molecular weight is 249 g/mol. The van der Waals surface area contributed by atoms with Crippen molar-refractivity contribution in [3.63, 3.8) is 0 Å². The minimum Gasteiger partial charge on any atom is -0.388 e. The van der Waals surface area contributed by atoms with Crippen LogP contribution in [0.4, 0.5) is 0 Å². The highest BCUT2D eigenvalue weighted by Crippen LogP contribution is 2.60. The van der Waals surface area contributed by atoms with Gasteiger partial charge in [-0.05, 0) is 38.0 Å². The summed E-state index contributed by atoms with van der Waals surface area (Å²) in [5.41, 5.74) is 7.98. The monoisotopic (exact) mass is 249 g/mol. The van der Waals surface area contributed by atoms with Crippen molar-refractivity contribution in [1.82, 2.24) is 9.78 Å². The van der Waals surface area contributed by atoms with E-state index in [-0.39, 0.29) is 5.41 Å². The zero-order chi connectivity index (χ0) is 12.9. The highest BCUT2D eigenvalue weighted by atomic mass is 16.3. The van der Waals surface area contributed by atoms with Gasteiger partial charge in [-0.15, -0.1) is 0 Å². The summed E-state index contributed by atoms with van der Waals surface area (Å²) in [6.07, 6.45) is 6.26. The van der Waals surface area contributed by atoms with Gasteiger partial charge in [-0.2, -0.15) is 5.10 Å². The Bertz CT molecular complexity index is 456. The Kier molecular flexibility index (Phi) is 2.75. The first-order chi connectivity index (χ1) is 8.58. The first-order valence-corrected chi connectivity index (χ1v) is 6.95. The van der Waals surface area contributed by atoms with Gasteiger partial charge in [0.1, 0.15) is 0 Å². The number of nitrogens with zero attached hydrogens (tertiary/aromatic N) is 2. The summed E-state index contributed by atoms with van der Waals surface area (Å²) in [5, 5.41) is 15.1. The third kappa shape index (κ3) is 1.48. The quantitative estimate of drug-likeness (QED) is 0.854. The Morgan fingerprint density at radius 2 is 2.39 bits per heavy atom. The van der Waals surface area contributed by atoms with Crippen molar-refractivity contribution >= 4 is 0 Å². The van der Waals surface area contributed by atoms with Crippen molar-refractivity contribution in [1.29, 1.82) is 0 Å². The van der Waals surface area contributed by atoms with Crippen LogP contribution < -0.4 is 5.73 Å². The highest BCUT2D eigenvalue weighted by molar-refractivity contribution is 5.23. The Labute approximate surface area is 108 Å². The van der Waals surface area contributed by atoms with E-state index in [2.05, 4.69) is 5.10 Å². The van der Waals surface area contributed by atoms with Crippen LogP contribution in [0.15, 0.2) is 6.20 Å². The standard InChI is InChI=1S/C14H23N3O/c1-9-12(7-16-17(9)2)13(18)14(8-15)6-10-3-4-11(14)5-10/h7,10-11,13,18H,3-6,8,15H2,1-2H3. The van der Waals surface area contributed by atoms with Gasteiger partial charge in [0.2, 0.25) is 0 Å². The molecular formula is C14H23N3O. The van der Waals surface area contributed by atoms with Crippen LogP contribution in [0.3, 0.4) is 0 Å². The van der Waals surface area contributed by atoms with Gasteiger partial charge >= 0.3 is 0 Å². The third-order valence-electron chi connectivity index (χ3n) is 5.52. The van der Waals surface area contributed by atoms with E-state index in [4.69, 9.17) is 5.73 Å². The second-order valence-corrected chi connectivity index (χ2v) is 6.23. The van der Waals surface area contributed by atoms with E-state index >= 15 is 0 Å². The molecular weight excluding hydrogens is 226 g/mol. The predicted molar refractivity (Wildman–Crippen MR) is 69.8 cm³/mol. The maximum absolute atomic E-state index is 10.9. The molecule has 0 saturated heterocycles. The Morgan fingerprint density at radius 3 is 2.83 bits per heavy atom. The molecule has 3 N–H and O–H groups in total. The summed E-state index contributed by atoms with van der Waals surface area (Å²) >= 11 is 0. The molecule has 1 aromatic rings. The number of aromatic nitrogens is 2. The molecule has 2 saturated carbocycles. The molecule has 2 fully saturated rings. The molecule has 0 radical (unpaired) electrons. The van der Waals surface area contributed by atoms with Crippen molar-refractivity contribution in [2.75, 3.05) is 6.54 Å². The van der Waals surface area contributed by atoms with Crippen LogP contribution >= 0.6 is 0 Å². The van der Waals surface area contributed by atoms with Crippen LogP contribution in [-0.2, 0) is 7.05 Å². The van der Waals surface area contributed by atoms with Crippen LogP contribution in [0, 0.1) is 24.2 Å². The Balaban J connectivity index is 1.95. The fourth-order valence-corrected chi connectivity index (χ4v) is 4.28. The number of aliphatic hydroxyl groups excluding tert-OH is 1. The summed E-state index contributed by atoms with van der Waals surface area (Å²) in [4.78, 5) is 0. The maximum atomic E-state index is 10.9. The molecule has 1 heterocycles. The fraction of sp³-hybridized carbons (Fsp3) is 0.786. The molecule has 0 aromatic carbocycles. The maximum Gasteiger partial charge on any atom is 0.0894 e. The van der Waals surface area contributed by atoms with E-state index in [1.54, 1.807) is 0 Å². The zero-order valence-corrected chi connectivity index (χ0v) is 11.3. The van der Waals surface area contributed by atoms with Crippen molar-refractivity contribution in [2.45, 2.75) is 38.7 Å². The van der Waals surface area contributed by atoms with E-state index in [1.807, 2.05) is 24.9 Å². The van der Waals surface area contributed by atoms with Crippen LogP contribution in [0.1, 0.15) is 43.0 Å². The first-order valence-electron chi connectivity index (χ1n) is 6.95. The lowest BCUT2D eigenvalue weighted by Crippen LogP contribution is -2.41. The van der Waals surface area contributed by atoms with Crippen LogP contribution in [0.25, 0.3) is 0 Å². The van der Waals surface area contributed by atoms with Gasteiger partial charge in [0.05, 0.1) is 12.3 Å². The van der Waals surface area contributed by atoms with Gasteiger partial charge < -0.3 is 10.8 Å². The summed E-state index contributed by atoms with van der Waals surface area (Å²) in [7, 11) is 1.92. The molecule has 0 amide bonds. The van der Waals surface area contributed by atoms with Gasteiger partial charge in [0.25, 0.3) is 0 Å². The van der Waals surface area contributed by atoms with E-state index in [1.165, 1.54) is 19.3 Å². The van der Waals surface area contributed by atoms with Crippen LogP contribution in [-0.4, -0.2) is 21.4 Å². The van der Waals surface area contributed by atoms with E-state index in [0.29, 0.717) is 12.5 Å². The number of hydrogen-bond acceptors (Lipinski definition) is 3. The lowest BCUT2D eigenvalue weighted by atomic mass is 9.67. The molecule has 2 bridgehead atoms. The molecule has 4 atom stereocenters. The second kappa shape index (κ2) is 4.07. The second-order valence-electron chi connectivity index (χ2n) is 6.23. The van der Waals surface area contributed by atoms with E-state index < -0.39 is 6.10 Å². The average Bonchev–Trinajstić information content (AvgIpc) is 3.05. The largest absolute Gasteiger partial charge is 0.388 e. The fourth-order valence-electron chi connectivity index (χ4n) is 4.28. The van der Waals surface area contributed by atoms with Crippen molar-refractivity contribution < 1.29 is 5.11 Å². The van der Waals surface area contributed by atoms with Crippen molar-refractivity contribution in [3.05, 3.63) is 17.5 Å². The molecule has 4 nitrogen and oxygen atoms in total. The number of nitrogens with two attached hydrogens (primary N) is 1.